The minimum Gasteiger partial charge on any atom is -0.396 e. The van der Waals surface area contributed by atoms with E-state index in [-0.39, 0.29) is 29.9 Å². The van der Waals surface area contributed by atoms with E-state index in [0.717, 1.165) is 18.9 Å². The van der Waals surface area contributed by atoms with Crippen LogP contribution in [0.4, 0.5) is 8.78 Å². The molecule has 118 valence electrons. The molecule has 0 fully saturated rings. The van der Waals surface area contributed by atoms with Gasteiger partial charge in [0.05, 0.1) is 6.42 Å². The summed E-state index contributed by atoms with van der Waals surface area (Å²) in [4.78, 5) is 11.9. The van der Waals surface area contributed by atoms with Crippen molar-refractivity contribution in [2.75, 3.05) is 13.2 Å². The summed E-state index contributed by atoms with van der Waals surface area (Å²) in [5.41, 5.74) is -0.0986. The van der Waals surface area contributed by atoms with E-state index in [0.29, 0.717) is 13.0 Å². The van der Waals surface area contributed by atoms with Gasteiger partial charge in [-0.15, -0.1) is 0 Å². The third kappa shape index (κ3) is 4.77. The lowest BCUT2D eigenvalue weighted by Gasteiger charge is -2.31. The van der Waals surface area contributed by atoms with Crippen LogP contribution in [-0.2, 0) is 11.2 Å². The van der Waals surface area contributed by atoms with Crippen LogP contribution in [0.2, 0.25) is 0 Å². The normalized spacial score (nSPS) is 11.5. The Morgan fingerprint density at radius 3 is 2.52 bits per heavy atom. The summed E-state index contributed by atoms with van der Waals surface area (Å²) < 4.78 is 26.6. The molecule has 2 N–H and O–H groups in total. The highest BCUT2D eigenvalue weighted by molar-refractivity contribution is 5.78. The first kappa shape index (κ1) is 17.6. The number of rotatable bonds is 8. The predicted molar refractivity (Wildman–Crippen MR) is 77.8 cm³/mol. The smallest absolute Gasteiger partial charge is 0.224 e. The average Bonchev–Trinajstić information content (AvgIpc) is 2.48. The second-order valence-corrected chi connectivity index (χ2v) is 5.35. The molecule has 3 nitrogen and oxygen atoms in total. The van der Waals surface area contributed by atoms with Gasteiger partial charge in [-0.3, -0.25) is 4.79 Å². The van der Waals surface area contributed by atoms with E-state index in [1.807, 2.05) is 13.8 Å². The van der Waals surface area contributed by atoms with Crippen molar-refractivity contribution in [1.82, 2.24) is 5.32 Å². The van der Waals surface area contributed by atoms with Crippen molar-refractivity contribution in [2.24, 2.45) is 5.41 Å². The van der Waals surface area contributed by atoms with Gasteiger partial charge in [-0.1, -0.05) is 26.0 Å². The lowest BCUT2D eigenvalue weighted by atomic mass is 9.79. The average molecular weight is 299 g/mol. The Bertz CT molecular complexity index is 473. The summed E-state index contributed by atoms with van der Waals surface area (Å²) in [5.74, 6) is -2.26. The number of aliphatic hydroxyl groups is 1. The van der Waals surface area contributed by atoms with E-state index in [2.05, 4.69) is 5.32 Å². The van der Waals surface area contributed by atoms with E-state index >= 15 is 0 Å². The third-order valence-corrected chi connectivity index (χ3v) is 4.19. The van der Waals surface area contributed by atoms with Crippen LogP contribution in [0.25, 0.3) is 0 Å². The summed E-state index contributed by atoms with van der Waals surface area (Å²) in [6.45, 7) is 4.52. The Kier molecular flexibility index (Phi) is 6.75. The minimum atomic E-state index is -0.972. The van der Waals surface area contributed by atoms with Crippen LogP contribution >= 0.6 is 0 Å². The second-order valence-electron chi connectivity index (χ2n) is 5.35. The van der Waals surface area contributed by atoms with Crippen molar-refractivity contribution in [3.63, 3.8) is 0 Å². The number of carbonyl (C=O) groups excluding carboxylic acids is 1. The maximum absolute atomic E-state index is 13.5. The van der Waals surface area contributed by atoms with Crippen LogP contribution in [0.1, 0.15) is 38.7 Å². The lowest BCUT2D eigenvalue weighted by molar-refractivity contribution is -0.121. The molecule has 0 aromatic heterocycles. The molecule has 0 spiro atoms. The summed E-state index contributed by atoms with van der Waals surface area (Å²) >= 11 is 0. The topological polar surface area (TPSA) is 49.3 Å². The van der Waals surface area contributed by atoms with E-state index in [1.165, 1.54) is 12.1 Å². The number of hydrogen-bond acceptors (Lipinski definition) is 2. The van der Waals surface area contributed by atoms with Crippen molar-refractivity contribution in [2.45, 2.75) is 39.5 Å². The zero-order valence-electron chi connectivity index (χ0n) is 12.6. The number of carbonyl (C=O) groups is 1. The molecule has 0 aliphatic carbocycles. The zero-order valence-corrected chi connectivity index (χ0v) is 12.6. The molecule has 1 amide bonds. The standard InChI is InChI=1S/C16H23F2NO2/c1-3-16(4-2,8-9-20)11-19-14(21)10-12-6-5-7-13(17)15(12)18/h5-7,20H,3-4,8-11H2,1-2H3,(H,19,21). The molecule has 0 unspecified atom stereocenters. The van der Waals surface area contributed by atoms with Crippen LogP contribution in [0.5, 0.6) is 0 Å². The largest absolute Gasteiger partial charge is 0.396 e. The van der Waals surface area contributed by atoms with Crippen molar-refractivity contribution in [3.05, 3.63) is 35.4 Å². The summed E-state index contributed by atoms with van der Waals surface area (Å²) in [6, 6.07) is 3.81. The van der Waals surface area contributed by atoms with Gasteiger partial charge in [0.15, 0.2) is 11.6 Å². The molecule has 1 rings (SSSR count). The van der Waals surface area contributed by atoms with Gasteiger partial charge in [0.1, 0.15) is 0 Å². The molecular weight excluding hydrogens is 276 g/mol. The molecule has 0 radical (unpaired) electrons. The first-order valence-electron chi connectivity index (χ1n) is 7.28. The van der Waals surface area contributed by atoms with Gasteiger partial charge in [0.25, 0.3) is 0 Å². The highest BCUT2D eigenvalue weighted by Crippen LogP contribution is 2.29. The number of halogens is 2. The van der Waals surface area contributed by atoms with Crippen LogP contribution in [-0.4, -0.2) is 24.2 Å². The van der Waals surface area contributed by atoms with Gasteiger partial charge in [-0.2, -0.15) is 0 Å². The monoisotopic (exact) mass is 299 g/mol. The Morgan fingerprint density at radius 1 is 1.29 bits per heavy atom. The van der Waals surface area contributed by atoms with Gasteiger partial charge in [-0.25, -0.2) is 8.78 Å². The molecule has 0 saturated heterocycles. The Balaban J connectivity index is 2.63. The van der Waals surface area contributed by atoms with Crippen LogP contribution < -0.4 is 5.32 Å². The number of nitrogens with one attached hydrogen (secondary N) is 1. The van der Waals surface area contributed by atoms with E-state index < -0.39 is 11.6 Å². The maximum atomic E-state index is 13.5. The van der Waals surface area contributed by atoms with E-state index in [1.54, 1.807) is 0 Å². The Morgan fingerprint density at radius 2 is 1.95 bits per heavy atom. The van der Waals surface area contributed by atoms with Crippen molar-refractivity contribution >= 4 is 5.91 Å². The zero-order chi connectivity index (χ0) is 15.9. The first-order chi connectivity index (χ1) is 9.98. The molecule has 21 heavy (non-hydrogen) atoms. The highest BCUT2D eigenvalue weighted by atomic mass is 19.2. The molecule has 0 aliphatic rings. The molecule has 0 aliphatic heterocycles. The first-order valence-corrected chi connectivity index (χ1v) is 7.28. The van der Waals surface area contributed by atoms with Crippen molar-refractivity contribution < 1.29 is 18.7 Å². The van der Waals surface area contributed by atoms with E-state index in [4.69, 9.17) is 5.11 Å². The number of hydrogen-bond donors (Lipinski definition) is 2. The molecular formula is C16H23F2NO2. The highest BCUT2D eigenvalue weighted by Gasteiger charge is 2.26. The minimum absolute atomic E-state index is 0.0493. The van der Waals surface area contributed by atoms with Crippen molar-refractivity contribution in [1.29, 1.82) is 0 Å². The maximum Gasteiger partial charge on any atom is 0.224 e. The van der Waals surface area contributed by atoms with Crippen molar-refractivity contribution in [3.8, 4) is 0 Å². The van der Waals surface area contributed by atoms with Gasteiger partial charge >= 0.3 is 0 Å². The molecule has 0 atom stereocenters. The molecule has 1 aromatic rings. The van der Waals surface area contributed by atoms with Gasteiger partial charge in [0, 0.05) is 18.7 Å². The lowest BCUT2D eigenvalue weighted by Crippen LogP contribution is -2.38. The molecule has 0 heterocycles. The summed E-state index contributed by atoms with van der Waals surface area (Å²) in [5, 5.41) is 11.9. The fourth-order valence-electron chi connectivity index (χ4n) is 2.39. The number of benzene rings is 1. The van der Waals surface area contributed by atoms with Gasteiger partial charge in [-0.05, 0) is 30.7 Å². The van der Waals surface area contributed by atoms with Gasteiger partial charge < -0.3 is 10.4 Å². The third-order valence-electron chi connectivity index (χ3n) is 4.19. The second kappa shape index (κ2) is 8.08. The molecule has 0 saturated carbocycles. The van der Waals surface area contributed by atoms with E-state index in [9.17, 15) is 13.6 Å². The van der Waals surface area contributed by atoms with Crippen LogP contribution in [0.15, 0.2) is 18.2 Å². The predicted octanol–water partition coefficient (Wildman–Crippen LogP) is 2.81. The number of aliphatic hydroxyl groups excluding tert-OH is 1. The molecule has 5 heteroatoms. The van der Waals surface area contributed by atoms with Crippen LogP contribution in [0.3, 0.4) is 0 Å². The SMILES string of the molecule is CCC(CC)(CCO)CNC(=O)Cc1cccc(F)c1F. The van der Waals surface area contributed by atoms with Gasteiger partial charge in [0.2, 0.25) is 5.91 Å². The quantitative estimate of drug-likeness (QED) is 0.775. The Labute approximate surface area is 124 Å². The fraction of sp³-hybridized carbons (Fsp3) is 0.562. The molecule has 1 aromatic carbocycles. The number of amides is 1. The Hall–Kier alpha value is -1.49. The van der Waals surface area contributed by atoms with Crippen LogP contribution in [0, 0.1) is 17.0 Å². The fourth-order valence-corrected chi connectivity index (χ4v) is 2.39. The summed E-state index contributed by atoms with van der Waals surface area (Å²) in [6.07, 6.45) is 2.08. The molecule has 0 bridgehead atoms. The summed E-state index contributed by atoms with van der Waals surface area (Å²) in [7, 11) is 0.